The van der Waals surface area contributed by atoms with Gasteiger partial charge in [0.25, 0.3) is 0 Å². The van der Waals surface area contributed by atoms with Crippen molar-refractivity contribution in [1.29, 1.82) is 5.41 Å². The maximum absolute atomic E-state index is 12.6. The zero-order valence-electron chi connectivity index (χ0n) is 14.7. The summed E-state index contributed by atoms with van der Waals surface area (Å²) in [6, 6.07) is 14.8. The van der Waals surface area contributed by atoms with Crippen molar-refractivity contribution in [1.82, 2.24) is 5.32 Å². The molecular formula is C20H25N3O2S. The highest BCUT2D eigenvalue weighted by Crippen LogP contribution is 2.23. The molecule has 6 heteroatoms. The fourth-order valence-electron chi connectivity index (χ4n) is 3.15. The van der Waals surface area contributed by atoms with Crippen LogP contribution in [0.1, 0.15) is 31.2 Å². The molecule has 0 bridgehead atoms. The molecule has 138 valence electrons. The van der Waals surface area contributed by atoms with Gasteiger partial charge in [-0.25, -0.2) is 4.21 Å². The highest BCUT2D eigenvalue weighted by atomic mass is 32.2. The van der Waals surface area contributed by atoms with Gasteiger partial charge in [0, 0.05) is 28.7 Å². The van der Waals surface area contributed by atoms with Crippen LogP contribution in [0.4, 0.5) is 5.69 Å². The molecule has 0 aliphatic heterocycles. The van der Waals surface area contributed by atoms with E-state index in [0.29, 0.717) is 34.5 Å². The maximum atomic E-state index is 12.6. The van der Waals surface area contributed by atoms with Crippen molar-refractivity contribution in [2.75, 3.05) is 18.9 Å². The van der Waals surface area contributed by atoms with Crippen LogP contribution in [0.5, 0.6) is 5.75 Å². The van der Waals surface area contributed by atoms with Crippen molar-refractivity contribution in [2.45, 2.75) is 36.6 Å². The van der Waals surface area contributed by atoms with Gasteiger partial charge in [-0.1, -0.05) is 31.0 Å². The number of ether oxygens (including phenoxy) is 1. The van der Waals surface area contributed by atoms with Crippen LogP contribution >= 0.6 is 0 Å². The average Bonchev–Trinajstić information content (AvgIpc) is 3.19. The molecule has 1 aliphatic carbocycles. The smallest absolute Gasteiger partial charge is 0.133 e. The highest BCUT2D eigenvalue weighted by molar-refractivity contribution is 8.01. The Labute approximate surface area is 156 Å². The molecule has 1 fully saturated rings. The lowest BCUT2D eigenvalue weighted by molar-refractivity contribution is 0.305. The predicted octanol–water partition coefficient (Wildman–Crippen LogP) is 3.31. The first-order valence-electron chi connectivity index (χ1n) is 8.96. The van der Waals surface area contributed by atoms with Gasteiger partial charge in [-0.15, -0.1) is 0 Å². The zero-order valence-corrected chi connectivity index (χ0v) is 15.6. The molecule has 26 heavy (non-hydrogen) atoms. The van der Waals surface area contributed by atoms with Crippen molar-refractivity contribution in [3.05, 3.63) is 54.1 Å². The molecule has 2 aromatic rings. The third-order valence-electron chi connectivity index (χ3n) is 4.57. The summed E-state index contributed by atoms with van der Waals surface area (Å²) in [6.07, 6.45) is 5.10. The van der Waals surface area contributed by atoms with Crippen LogP contribution in [0, 0.1) is 5.41 Å². The molecule has 4 N–H and O–H groups in total. The van der Waals surface area contributed by atoms with Crippen LogP contribution in [0.3, 0.4) is 0 Å². The Kier molecular flexibility index (Phi) is 6.41. The lowest BCUT2D eigenvalue weighted by Crippen LogP contribution is -2.30. The normalized spacial score (nSPS) is 15.7. The van der Waals surface area contributed by atoms with Crippen LogP contribution in [-0.4, -0.2) is 28.4 Å². The van der Waals surface area contributed by atoms with Gasteiger partial charge in [0.2, 0.25) is 0 Å². The largest absolute Gasteiger partial charge is 0.492 e. The third kappa shape index (κ3) is 4.71. The van der Waals surface area contributed by atoms with Crippen LogP contribution in [-0.2, 0) is 10.8 Å². The topological polar surface area (TPSA) is 88.2 Å². The van der Waals surface area contributed by atoms with Crippen molar-refractivity contribution in [3.8, 4) is 5.75 Å². The number of hydrogen-bond acceptors (Lipinski definition) is 5. The standard InChI is InChI=1S/C20H25N3O2S/c21-19-11-10-16(25-13-12-23-15-6-4-5-7-15)14-18(19)20(22)26(24)17-8-2-1-3-9-17/h1-3,8-11,14-15,22-23H,4-7,12-13,21H2. The number of nitrogen functional groups attached to an aromatic ring is 1. The monoisotopic (exact) mass is 371 g/mol. The number of nitrogens with one attached hydrogen (secondary N) is 2. The number of rotatable bonds is 7. The predicted molar refractivity (Wildman–Crippen MR) is 106 cm³/mol. The second-order valence-electron chi connectivity index (χ2n) is 6.44. The van der Waals surface area contributed by atoms with Crippen LogP contribution in [0.2, 0.25) is 0 Å². The Hall–Kier alpha value is -2.18. The first kappa shape index (κ1) is 18.6. The first-order valence-corrected chi connectivity index (χ1v) is 10.1. The van der Waals surface area contributed by atoms with Crippen molar-refractivity contribution in [3.63, 3.8) is 0 Å². The summed E-state index contributed by atoms with van der Waals surface area (Å²) in [6.45, 7) is 1.34. The second kappa shape index (κ2) is 8.96. The van der Waals surface area contributed by atoms with E-state index in [4.69, 9.17) is 15.9 Å². The molecule has 1 atom stereocenters. The lowest BCUT2D eigenvalue weighted by atomic mass is 10.2. The molecule has 0 saturated heterocycles. The molecular weight excluding hydrogens is 346 g/mol. The van der Waals surface area contributed by atoms with E-state index in [9.17, 15) is 4.21 Å². The first-order chi connectivity index (χ1) is 12.6. The van der Waals surface area contributed by atoms with Gasteiger partial charge in [-0.3, -0.25) is 5.41 Å². The minimum absolute atomic E-state index is 0.0109. The van der Waals surface area contributed by atoms with E-state index in [1.807, 2.05) is 6.07 Å². The van der Waals surface area contributed by atoms with Crippen molar-refractivity contribution < 1.29 is 8.95 Å². The Morgan fingerprint density at radius 3 is 2.65 bits per heavy atom. The van der Waals surface area contributed by atoms with Crippen LogP contribution < -0.4 is 15.8 Å². The van der Waals surface area contributed by atoms with E-state index in [1.54, 1.807) is 42.5 Å². The summed E-state index contributed by atoms with van der Waals surface area (Å²) in [5, 5.41) is 11.8. The van der Waals surface area contributed by atoms with E-state index < -0.39 is 10.8 Å². The average molecular weight is 372 g/mol. The van der Waals surface area contributed by atoms with E-state index >= 15 is 0 Å². The number of benzene rings is 2. The molecule has 5 nitrogen and oxygen atoms in total. The minimum Gasteiger partial charge on any atom is -0.492 e. The third-order valence-corrected chi connectivity index (χ3v) is 5.86. The maximum Gasteiger partial charge on any atom is 0.133 e. The van der Waals surface area contributed by atoms with E-state index in [-0.39, 0.29) is 5.04 Å². The van der Waals surface area contributed by atoms with Crippen molar-refractivity contribution >= 4 is 21.5 Å². The molecule has 0 heterocycles. The van der Waals surface area contributed by atoms with Gasteiger partial charge in [0.15, 0.2) is 0 Å². The number of anilines is 1. The summed E-state index contributed by atoms with van der Waals surface area (Å²) in [4.78, 5) is 0.587. The Morgan fingerprint density at radius 1 is 1.19 bits per heavy atom. The Balaban J connectivity index is 1.61. The van der Waals surface area contributed by atoms with Gasteiger partial charge in [-0.05, 0) is 43.2 Å². The van der Waals surface area contributed by atoms with Gasteiger partial charge in [-0.2, -0.15) is 0 Å². The second-order valence-corrected chi connectivity index (χ2v) is 7.86. The summed E-state index contributed by atoms with van der Waals surface area (Å²) in [5.74, 6) is 0.636. The molecule has 1 aliphatic rings. The van der Waals surface area contributed by atoms with Gasteiger partial charge in [0.05, 0.1) is 0 Å². The van der Waals surface area contributed by atoms with Gasteiger partial charge >= 0.3 is 0 Å². The summed E-state index contributed by atoms with van der Waals surface area (Å²) < 4.78 is 18.4. The molecule has 2 aromatic carbocycles. The van der Waals surface area contributed by atoms with Crippen LogP contribution in [0.15, 0.2) is 53.4 Å². The lowest BCUT2D eigenvalue weighted by Gasteiger charge is -2.14. The summed E-state index contributed by atoms with van der Waals surface area (Å²) >= 11 is 0. The number of hydrogen-bond donors (Lipinski definition) is 3. The number of nitrogens with two attached hydrogens (primary N) is 1. The van der Waals surface area contributed by atoms with E-state index in [0.717, 1.165) is 6.54 Å². The van der Waals surface area contributed by atoms with Crippen molar-refractivity contribution in [2.24, 2.45) is 0 Å². The quantitative estimate of drug-likeness (QED) is 0.301. The zero-order chi connectivity index (χ0) is 18.4. The summed E-state index contributed by atoms with van der Waals surface area (Å²) in [7, 11) is -1.57. The Bertz CT molecular complexity index is 774. The Morgan fingerprint density at radius 2 is 1.92 bits per heavy atom. The van der Waals surface area contributed by atoms with Crippen LogP contribution in [0.25, 0.3) is 0 Å². The fraction of sp³-hybridized carbons (Fsp3) is 0.350. The molecule has 1 unspecified atom stereocenters. The molecule has 1 saturated carbocycles. The minimum atomic E-state index is -1.57. The van der Waals surface area contributed by atoms with Gasteiger partial charge in [0.1, 0.15) is 28.2 Å². The molecule has 0 radical (unpaired) electrons. The molecule has 0 amide bonds. The highest BCUT2D eigenvalue weighted by Gasteiger charge is 2.16. The molecule has 0 spiro atoms. The van der Waals surface area contributed by atoms with E-state index in [2.05, 4.69) is 5.32 Å². The van der Waals surface area contributed by atoms with Gasteiger partial charge < -0.3 is 15.8 Å². The molecule has 3 rings (SSSR count). The summed E-state index contributed by atoms with van der Waals surface area (Å²) in [5.41, 5.74) is 6.88. The molecule has 0 aromatic heterocycles. The SMILES string of the molecule is N=C(c1cc(OCCNC2CCCC2)ccc1N)S(=O)c1ccccc1. The van der Waals surface area contributed by atoms with E-state index in [1.165, 1.54) is 25.7 Å². The fourth-order valence-corrected chi connectivity index (χ4v) is 4.16.